The predicted octanol–water partition coefficient (Wildman–Crippen LogP) is 2.39. The molecule has 1 atom stereocenters. The molecule has 0 spiro atoms. The maximum Gasteiger partial charge on any atom is 0.0968 e. The summed E-state index contributed by atoms with van der Waals surface area (Å²) < 4.78 is 0. The fourth-order valence-electron chi connectivity index (χ4n) is 0.966. The minimum Gasteiger partial charge on any atom is -0.316 e. The number of nitriles is 1. The van der Waals surface area contributed by atoms with Crippen molar-refractivity contribution < 1.29 is 0 Å². The lowest BCUT2D eigenvalue weighted by Crippen LogP contribution is -2.19. The minimum absolute atomic E-state index is 0.489. The molecule has 0 bridgehead atoms. The van der Waals surface area contributed by atoms with Gasteiger partial charge in [0.05, 0.1) is 22.2 Å². The van der Waals surface area contributed by atoms with Gasteiger partial charge in [-0.05, 0) is 17.7 Å². The zero-order valence-electron chi connectivity index (χ0n) is 6.80. The Hall–Kier alpha value is -0.750. The van der Waals surface area contributed by atoms with Crippen molar-refractivity contribution in [1.82, 2.24) is 0 Å². The van der Waals surface area contributed by atoms with Crippen molar-refractivity contribution >= 4 is 23.2 Å². The lowest BCUT2D eigenvalue weighted by Gasteiger charge is -2.03. The van der Waals surface area contributed by atoms with Crippen molar-refractivity contribution in [2.24, 2.45) is 5.73 Å². The molecule has 0 aliphatic heterocycles. The Balaban J connectivity index is 2.81. The molecule has 2 N–H and O–H groups in total. The maximum absolute atomic E-state index is 8.49. The highest BCUT2D eigenvalue weighted by Crippen LogP contribution is 2.22. The summed E-state index contributed by atoms with van der Waals surface area (Å²) in [5.41, 5.74) is 6.38. The molecular formula is C9H8Cl2N2. The van der Waals surface area contributed by atoms with Gasteiger partial charge in [-0.1, -0.05) is 29.3 Å². The monoisotopic (exact) mass is 214 g/mol. The van der Waals surface area contributed by atoms with Crippen LogP contribution in [-0.4, -0.2) is 6.04 Å². The number of nitrogens with zero attached hydrogens (tertiary/aromatic N) is 1. The molecule has 0 heterocycles. The van der Waals surface area contributed by atoms with Crippen LogP contribution >= 0.6 is 23.2 Å². The number of rotatable bonds is 2. The first kappa shape index (κ1) is 10.3. The van der Waals surface area contributed by atoms with Crippen LogP contribution in [0.2, 0.25) is 10.0 Å². The molecule has 0 aliphatic carbocycles. The van der Waals surface area contributed by atoms with Gasteiger partial charge in [-0.25, -0.2) is 0 Å². The summed E-state index contributed by atoms with van der Waals surface area (Å²) in [6.45, 7) is 0. The van der Waals surface area contributed by atoms with Crippen molar-refractivity contribution in [3.05, 3.63) is 33.8 Å². The average Bonchev–Trinajstić information content (AvgIpc) is 2.11. The van der Waals surface area contributed by atoms with E-state index in [1.165, 1.54) is 0 Å². The summed E-state index contributed by atoms with van der Waals surface area (Å²) in [7, 11) is 0. The molecule has 2 nitrogen and oxygen atoms in total. The molecule has 0 aromatic heterocycles. The molecule has 0 saturated carbocycles. The third kappa shape index (κ3) is 2.89. The van der Waals surface area contributed by atoms with Gasteiger partial charge in [0.2, 0.25) is 0 Å². The molecular weight excluding hydrogens is 207 g/mol. The van der Waals surface area contributed by atoms with E-state index in [1.54, 1.807) is 12.1 Å². The summed E-state index contributed by atoms with van der Waals surface area (Å²) in [4.78, 5) is 0. The molecule has 1 rings (SSSR count). The topological polar surface area (TPSA) is 49.8 Å². The lowest BCUT2D eigenvalue weighted by molar-refractivity contribution is 0.823. The minimum atomic E-state index is -0.489. The van der Waals surface area contributed by atoms with E-state index in [4.69, 9.17) is 34.2 Å². The van der Waals surface area contributed by atoms with Gasteiger partial charge in [-0.15, -0.1) is 0 Å². The Morgan fingerprint density at radius 1 is 1.38 bits per heavy atom. The highest BCUT2D eigenvalue weighted by molar-refractivity contribution is 6.42. The van der Waals surface area contributed by atoms with Gasteiger partial charge in [-0.3, -0.25) is 0 Å². The standard InChI is InChI=1S/C9H8Cl2N2/c10-8-2-1-6(4-9(8)11)3-7(13)5-12/h1-2,4,7H,3,13H2. The average molecular weight is 215 g/mol. The fraction of sp³-hybridized carbons (Fsp3) is 0.222. The van der Waals surface area contributed by atoms with Crippen molar-refractivity contribution in [1.29, 1.82) is 5.26 Å². The second-order valence-corrected chi connectivity index (χ2v) is 3.50. The molecule has 13 heavy (non-hydrogen) atoms. The summed E-state index contributed by atoms with van der Waals surface area (Å²) in [6, 6.07) is 6.69. The first-order valence-corrected chi connectivity index (χ1v) is 4.48. The quantitative estimate of drug-likeness (QED) is 0.823. The summed E-state index contributed by atoms with van der Waals surface area (Å²) in [5.74, 6) is 0. The van der Waals surface area contributed by atoms with Gasteiger partial charge in [0, 0.05) is 6.42 Å². The Morgan fingerprint density at radius 2 is 2.08 bits per heavy atom. The number of hydrogen-bond donors (Lipinski definition) is 1. The molecule has 0 aliphatic rings. The van der Waals surface area contributed by atoms with E-state index >= 15 is 0 Å². The van der Waals surface area contributed by atoms with E-state index in [9.17, 15) is 0 Å². The second kappa shape index (κ2) is 4.48. The highest BCUT2D eigenvalue weighted by Gasteiger charge is 2.04. The van der Waals surface area contributed by atoms with Crippen LogP contribution in [0.5, 0.6) is 0 Å². The molecule has 1 unspecified atom stereocenters. The summed E-state index contributed by atoms with van der Waals surface area (Å²) in [6.07, 6.45) is 0.493. The zero-order chi connectivity index (χ0) is 9.84. The normalized spacial score (nSPS) is 12.2. The zero-order valence-corrected chi connectivity index (χ0v) is 8.31. The van der Waals surface area contributed by atoms with Crippen LogP contribution in [0.1, 0.15) is 5.56 Å². The molecule has 0 fully saturated rings. The van der Waals surface area contributed by atoms with Gasteiger partial charge in [0.1, 0.15) is 0 Å². The SMILES string of the molecule is N#CC(N)Cc1ccc(Cl)c(Cl)c1. The van der Waals surface area contributed by atoms with Gasteiger partial charge in [0.25, 0.3) is 0 Å². The van der Waals surface area contributed by atoms with Crippen molar-refractivity contribution in [2.45, 2.75) is 12.5 Å². The summed E-state index contributed by atoms with van der Waals surface area (Å²) in [5, 5.41) is 9.49. The van der Waals surface area contributed by atoms with E-state index in [0.717, 1.165) is 5.56 Å². The smallest absolute Gasteiger partial charge is 0.0968 e. The van der Waals surface area contributed by atoms with Crippen molar-refractivity contribution in [3.8, 4) is 6.07 Å². The van der Waals surface area contributed by atoms with Crippen LogP contribution in [0.15, 0.2) is 18.2 Å². The van der Waals surface area contributed by atoms with Crippen molar-refractivity contribution in [3.63, 3.8) is 0 Å². The molecule has 1 aromatic rings. The third-order valence-corrected chi connectivity index (χ3v) is 2.34. The van der Waals surface area contributed by atoms with E-state index < -0.39 is 6.04 Å². The Kier molecular flexibility index (Phi) is 3.56. The fourth-order valence-corrected chi connectivity index (χ4v) is 1.29. The number of halogens is 2. The van der Waals surface area contributed by atoms with Crippen LogP contribution < -0.4 is 5.73 Å². The predicted molar refractivity (Wildman–Crippen MR) is 53.8 cm³/mol. The van der Waals surface area contributed by atoms with Crippen LogP contribution in [0, 0.1) is 11.3 Å². The maximum atomic E-state index is 8.49. The number of benzene rings is 1. The van der Waals surface area contributed by atoms with Crippen LogP contribution in [0.4, 0.5) is 0 Å². The molecule has 4 heteroatoms. The van der Waals surface area contributed by atoms with E-state index in [-0.39, 0.29) is 0 Å². The number of hydrogen-bond acceptors (Lipinski definition) is 2. The largest absolute Gasteiger partial charge is 0.316 e. The molecule has 0 radical (unpaired) electrons. The lowest BCUT2D eigenvalue weighted by atomic mass is 10.1. The first-order chi connectivity index (χ1) is 6.13. The van der Waals surface area contributed by atoms with Gasteiger partial charge >= 0.3 is 0 Å². The second-order valence-electron chi connectivity index (χ2n) is 2.69. The Morgan fingerprint density at radius 3 is 2.62 bits per heavy atom. The van der Waals surface area contributed by atoms with Gasteiger partial charge in [0.15, 0.2) is 0 Å². The first-order valence-electron chi connectivity index (χ1n) is 3.72. The van der Waals surface area contributed by atoms with E-state index in [1.807, 2.05) is 12.1 Å². The van der Waals surface area contributed by atoms with Crippen LogP contribution in [-0.2, 0) is 6.42 Å². The molecule has 0 saturated heterocycles. The van der Waals surface area contributed by atoms with Crippen LogP contribution in [0.3, 0.4) is 0 Å². The van der Waals surface area contributed by atoms with Gasteiger partial charge < -0.3 is 5.73 Å². The summed E-state index contributed by atoms with van der Waals surface area (Å²) >= 11 is 11.5. The van der Waals surface area contributed by atoms with Crippen LogP contribution in [0.25, 0.3) is 0 Å². The third-order valence-electron chi connectivity index (χ3n) is 1.61. The van der Waals surface area contributed by atoms with E-state index in [2.05, 4.69) is 0 Å². The van der Waals surface area contributed by atoms with Crippen molar-refractivity contribution in [2.75, 3.05) is 0 Å². The van der Waals surface area contributed by atoms with E-state index in [0.29, 0.717) is 16.5 Å². The Labute approximate surface area is 86.9 Å². The van der Waals surface area contributed by atoms with Gasteiger partial charge in [-0.2, -0.15) is 5.26 Å². The Bertz CT molecular complexity index is 344. The molecule has 1 aromatic carbocycles. The highest BCUT2D eigenvalue weighted by atomic mass is 35.5. The molecule has 0 amide bonds. The number of nitrogens with two attached hydrogens (primary N) is 1. The molecule has 68 valence electrons.